The molecule has 0 aromatic heterocycles. The average molecular weight is 398 g/mol. The molecule has 1 aliphatic rings. The van der Waals surface area contributed by atoms with Gasteiger partial charge in [-0.05, 0) is 43.2 Å². The molecule has 150 valence electrons. The molecule has 0 spiro atoms. The van der Waals surface area contributed by atoms with Gasteiger partial charge in [-0.15, -0.1) is 0 Å². The number of anilines is 2. The summed E-state index contributed by atoms with van der Waals surface area (Å²) in [4.78, 5) is 28.1. The molecule has 0 radical (unpaired) electrons. The summed E-state index contributed by atoms with van der Waals surface area (Å²) in [6.07, 6.45) is 0. The van der Waals surface area contributed by atoms with E-state index < -0.39 is 5.91 Å². The van der Waals surface area contributed by atoms with Crippen molar-refractivity contribution < 1.29 is 14.3 Å². The van der Waals surface area contributed by atoms with Crippen LogP contribution in [0.1, 0.15) is 16.7 Å². The zero-order chi connectivity index (χ0) is 21.3. The Bertz CT molecular complexity index is 1160. The summed E-state index contributed by atoms with van der Waals surface area (Å²) in [6.45, 7) is 3.93. The molecular formula is C25H22N2O3. The molecule has 0 atom stereocenters. The van der Waals surface area contributed by atoms with E-state index in [2.05, 4.69) is 5.32 Å². The highest BCUT2D eigenvalue weighted by Crippen LogP contribution is 2.35. The summed E-state index contributed by atoms with van der Waals surface area (Å²) in [5, 5.41) is 3.22. The van der Waals surface area contributed by atoms with Crippen molar-refractivity contribution in [2.45, 2.75) is 13.8 Å². The van der Waals surface area contributed by atoms with Gasteiger partial charge in [-0.25, -0.2) is 4.90 Å². The smallest absolute Gasteiger partial charge is 0.282 e. The largest absolute Gasteiger partial charge is 0.497 e. The molecule has 0 bridgehead atoms. The van der Waals surface area contributed by atoms with Crippen LogP contribution >= 0.6 is 0 Å². The maximum Gasteiger partial charge on any atom is 0.282 e. The molecule has 0 fully saturated rings. The van der Waals surface area contributed by atoms with Crippen molar-refractivity contribution in [3.05, 3.63) is 95.2 Å². The minimum Gasteiger partial charge on any atom is -0.497 e. The van der Waals surface area contributed by atoms with Crippen LogP contribution in [-0.4, -0.2) is 18.9 Å². The first-order valence-electron chi connectivity index (χ1n) is 9.66. The predicted octanol–water partition coefficient (Wildman–Crippen LogP) is 4.71. The molecule has 5 nitrogen and oxygen atoms in total. The van der Waals surface area contributed by atoms with E-state index in [1.807, 2.05) is 62.4 Å². The molecule has 5 heteroatoms. The van der Waals surface area contributed by atoms with Gasteiger partial charge in [0.1, 0.15) is 11.4 Å². The molecule has 1 heterocycles. The van der Waals surface area contributed by atoms with E-state index in [9.17, 15) is 9.59 Å². The number of benzene rings is 3. The summed E-state index contributed by atoms with van der Waals surface area (Å²) in [5.41, 5.74) is 4.62. The summed E-state index contributed by atoms with van der Waals surface area (Å²) in [6, 6.07) is 22.2. The van der Waals surface area contributed by atoms with Gasteiger partial charge in [-0.1, -0.05) is 54.1 Å². The molecular weight excluding hydrogens is 376 g/mol. The van der Waals surface area contributed by atoms with Crippen LogP contribution in [0.25, 0.3) is 5.57 Å². The van der Waals surface area contributed by atoms with E-state index >= 15 is 0 Å². The molecule has 3 aromatic rings. The van der Waals surface area contributed by atoms with Crippen molar-refractivity contribution in [2.24, 2.45) is 0 Å². The van der Waals surface area contributed by atoms with Crippen molar-refractivity contribution in [3.63, 3.8) is 0 Å². The standard InChI is InChI=1S/C25H22N2O3/c1-16-11-13-18(14-12-16)22-23(26-21-10-5-4-7-17(21)2)25(29)27(24(22)28)19-8-6-9-20(15-19)30-3/h4-15,26H,1-3H3. The van der Waals surface area contributed by atoms with E-state index in [-0.39, 0.29) is 11.6 Å². The van der Waals surface area contributed by atoms with Crippen LogP contribution < -0.4 is 15.0 Å². The first kappa shape index (κ1) is 19.5. The number of hydrogen-bond acceptors (Lipinski definition) is 4. The number of carbonyl (C=O) groups is 2. The number of amides is 2. The summed E-state index contributed by atoms with van der Waals surface area (Å²) < 4.78 is 5.27. The third kappa shape index (κ3) is 3.46. The van der Waals surface area contributed by atoms with E-state index in [4.69, 9.17) is 4.74 Å². The normalized spacial score (nSPS) is 13.8. The van der Waals surface area contributed by atoms with Crippen LogP contribution in [0.5, 0.6) is 5.75 Å². The Morgan fingerprint density at radius 1 is 0.833 bits per heavy atom. The number of methoxy groups -OCH3 is 1. The number of nitrogens with zero attached hydrogens (tertiary/aromatic N) is 1. The second-order valence-corrected chi connectivity index (χ2v) is 7.20. The Labute approximate surface area is 175 Å². The topological polar surface area (TPSA) is 58.6 Å². The summed E-state index contributed by atoms with van der Waals surface area (Å²) in [7, 11) is 1.55. The second kappa shape index (κ2) is 7.87. The van der Waals surface area contributed by atoms with Crippen molar-refractivity contribution in [3.8, 4) is 5.75 Å². The Morgan fingerprint density at radius 2 is 1.57 bits per heavy atom. The van der Waals surface area contributed by atoms with Crippen LogP contribution in [0.15, 0.2) is 78.5 Å². The fourth-order valence-corrected chi connectivity index (χ4v) is 3.47. The zero-order valence-electron chi connectivity index (χ0n) is 17.1. The van der Waals surface area contributed by atoms with Gasteiger partial charge in [0.05, 0.1) is 18.4 Å². The van der Waals surface area contributed by atoms with Crippen molar-refractivity contribution >= 4 is 28.8 Å². The fourth-order valence-electron chi connectivity index (χ4n) is 3.47. The monoisotopic (exact) mass is 398 g/mol. The highest BCUT2D eigenvalue weighted by molar-refractivity contribution is 6.46. The molecule has 1 aliphatic heterocycles. The highest BCUT2D eigenvalue weighted by Gasteiger charge is 2.40. The zero-order valence-corrected chi connectivity index (χ0v) is 17.1. The maximum atomic E-state index is 13.5. The van der Waals surface area contributed by atoms with Gasteiger partial charge in [-0.3, -0.25) is 9.59 Å². The second-order valence-electron chi connectivity index (χ2n) is 7.20. The Kier molecular flexibility index (Phi) is 5.11. The SMILES string of the molecule is COc1cccc(N2C(=O)C(Nc3ccccc3C)=C(c3ccc(C)cc3)C2=O)c1. The number of aryl methyl sites for hydroxylation is 2. The van der Waals surface area contributed by atoms with Gasteiger partial charge in [0.25, 0.3) is 11.8 Å². The summed E-state index contributed by atoms with van der Waals surface area (Å²) in [5.74, 6) is -0.189. The van der Waals surface area contributed by atoms with Crippen molar-refractivity contribution in [1.29, 1.82) is 0 Å². The Hall–Kier alpha value is -3.86. The molecule has 3 aromatic carbocycles. The molecule has 30 heavy (non-hydrogen) atoms. The van der Waals surface area contributed by atoms with Gasteiger partial charge >= 0.3 is 0 Å². The first-order chi connectivity index (χ1) is 14.5. The first-order valence-corrected chi connectivity index (χ1v) is 9.66. The number of ether oxygens (including phenoxy) is 1. The predicted molar refractivity (Wildman–Crippen MR) is 118 cm³/mol. The number of carbonyl (C=O) groups excluding carboxylic acids is 2. The van der Waals surface area contributed by atoms with Gasteiger partial charge in [0, 0.05) is 11.8 Å². The number of rotatable bonds is 5. The van der Waals surface area contributed by atoms with Crippen LogP contribution in [0, 0.1) is 13.8 Å². The fraction of sp³-hybridized carbons (Fsp3) is 0.120. The third-order valence-corrected chi connectivity index (χ3v) is 5.14. The number of para-hydroxylation sites is 1. The van der Waals surface area contributed by atoms with Gasteiger partial charge in [-0.2, -0.15) is 0 Å². The number of nitrogens with one attached hydrogen (secondary N) is 1. The lowest BCUT2D eigenvalue weighted by molar-refractivity contribution is -0.120. The van der Waals surface area contributed by atoms with Crippen LogP contribution in [0.4, 0.5) is 11.4 Å². The summed E-state index contributed by atoms with van der Waals surface area (Å²) >= 11 is 0. The maximum absolute atomic E-state index is 13.5. The molecule has 0 saturated carbocycles. The van der Waals surface area contributed by atoms with Crippen LogP contribution in [-0.2, 0) is 9.59 Å². The highest BCUT2D eigenvalue weighted by atomic mass is 16.5. The molecule has 1 N–H and O–H groups in total. The molecule has 0 saturated heterocycles. The molecule has 0 aliphatic carbocycles. The number of imide groups is 1. The Morgan fingerprint density at radius 3 is 2.27 bits per heavy atom. The lowest BCUT2D eigenvalue weighted by Gasteiger charge is -2.16. The van der Waals surface area contributed by atoms with Gasteiger partial charge in [0.2, 0.25) is 0 Å². The van der Waals surface area contributed by atoms with Crippen LogP contribution in [0.2, 0.25) is 0 Å². The van der Waals surface area contributed by atoms with Crippen molar-refractivity contribution in [1.82, 2.24) is 0 Å². The van der Waals surface area contributed by atoms with Gasteiger partial charge < -0.3 is 10.1 Å². The Balaban J connectivity index is 1.83. The third-order valence-electron chi connectivity index (χ3n) is 5.14. The minimum absolute atomic E-state index is 0.265. The lowest BCUT2D eigenvalue weighted by atomic mass is 10.0. The quantitative estimate of drug-likeness (QED) is 0.633. The van der Waals surface area contributed by atoms with Gasteiger partial charge in [0.15, 0.2) is 0 Å². The molecule has 0 unspecified atom stereocenters. The van der Waals surface area contributed by atoms with E-state index in [1.54, 1.807) is 31.4 Å². The van der Waals surface area contributed by atoms with E-state index in [1.165, 1.54) is 4.90 Å². The van der Waals surface area contributed by atoms with E-state index in [0.29, 0.717) is 22.6 Å². The average Bonchev–Trinajstić information content (AvgIpc) is 3.00. The number of hydrogen-bond donors (Lipinski definition) is 1. The molecule has 4 rings (SSSR count). The molecule has 2 amide bonds. The minimum atomic E-state index is -0.396. The van der Waals surface area contributed by atoms with Crippen molar-refractivity contribution in [2.75, 3.05) is 17.3 Å². The lowest BCUT2D eigenvalue weighted by Crippen LogP contribution is -2.32. The van der Waals surface area contributed by atoms with E-state index in [0.717, 1.165) is 16.8 Å². The van der Waals surface area contributed by atoms with Crippen LogP contribution in [0.3, 0.4) is 0 Å².